The van der Waals surface area contributed by atoms with Gasteiger partial charge in [0.1, 0.15) is 0 Å². The third kappa shape index (κ3) is 6.45. The molecule has 0 aliphatic carbocycles. The standard InChI is InChI=1S/C56H42N2/c1-39-20-24-45(25-21-39)47-32-37-50(46-26-22-40(2)23-27-46)55(38-47)58-52-17-10-9-16-51(52)56-53(18-11-19-54(56)58)57(48-33-28-43(29-34-48)41-12-5-3-6-13-41)49-35-30-44(31-36-49)42-14-7-4-8-15-42/h3-38H,1-2H3. The number of rotatable bonds is 8. The smallest absolute Gasteiger partial charge is 0.0562 e. The monoisotopic (exact) mass is 742 g/mol. The van der Waals surface area contributed by atoms with Gasteiger partial charge in [0, 0.05) is 27.7 Å². The Kier molecular flexibility index (Phi) is 9.01. The zero-order chi connectivity index (χ0) is 39.0. The molecule has 10 rings (SSSR count). The topological polar surface area (TPSA) is 8.17 Å². The Balaban J connectivity index is 1.21. The molecule has 0 unspecified atom stereocenters. The fourth-order valence-corrected chi connectivity index (χ4v) is 8.36. The van der Waals surface area contributed by atoms with Crippen molar-refractivity contribution in [1.29, 1.82) is 0 Å². The van der Waals surface area contributed by atoms with Crippen molar-refractivity contribution in [2.24, 2.45) is 0 Å². The van der Waals surface area contributed by atoms with Crippen LogP contribution in [-0.2, 0) is 0 Å². The quantitative estimate of drug-likeness (QED) is 0.150. The first kappa shape index (κ1) is 35.0. The molecule has 2 heteroatoms. The largest absolute Gasteiger partial charge is 0.310 e. The van der Waals surface area contributed by atoms with Gasteiger partial charge in [-0.05, 0) is 101 Å². The number of fused-ring (bicyclic) bond motifs is 3. The summed E-state index contributed by atoms with van der Waals surface area (Å²) in [5, 5.41) is 2.41. The van der Waals surface area contributed by atoms with E-state index in [1.165, 1.54) is 66.4 Å². The number of para-hydroxylation sites is 1. The zero-order valence-corrected chi connectivity index (χ0v) is 32.7. The Labute approximate surface area is 340 Å². The van der Waals surface area contributed by atoms with Gasteiger partial charge in [-0.15, -0.1) is 0 Å². The summed E-state index contributed by atoms with van der Waals surface area (Å²) in [7, 11) is 0. The van der Waals surface area contributed by atoms with Crippen molar-refractivity contribution in [3.8, 4) is 50.2 Å². The van der Waals surface area contributed by atoms with Crippen LogP contribution >= 0.6 is 0 Å². The Morgan fingerprint density at radius 3 is 1.38 bits per heavy atom. The molecule has 0 N–H and O–H groups in total. The van der Waals surface area contributed by atoms with Crippen LogP contribution in [0.15, 0.2) is 218 Å². The second-order valence-electron chi connectivity index (χ2n) is 15.1. The number of aryl methyl sites for hydroxylation is 2. The molecule has 10 aromatic rings. The minimum Gasteiger partial charge on any atom is -0.310 e. The number of anilines is 3. The van der Waals surface area contributed by atoms with E-state index in [-0.39, 0.29) is 0 Å². The Hall–Kier alpha value is -7.42. The zero-order valence-electron chi connectivity index (χ0n) is 32.7. The number of benzene rings is 9. The van der Waals surface area contributed by atoms with Crippen molar-refractivity contribution in [3.63, 3.8) is 0 Å². The van der Waals surface area contributed by atoms with Gasteiger partial charge in [-0.1, -0.05) is 181 Å². The van der Waals surface area contributed by atoms with E-state index >= 15 is 0 Å². The maximum atomic E-state index is 2.48. The fraction of sp³-hybridized carbons (Fsp3) is 0.0357. The lowest BCUT2D eigenvalue weighted by molar-refractivity contribution is 1.18. The molecule has 0 saturated heterocycles. The predicted molar refractivity (Wildman–Crippen MR) is 247 cm³/mol. The molecule has 0 radical (unpaired) electrons. The first-order valence-corrected chi connectivity index (χ1v) is 20.0. The van der Waals surface area contributed by atoms with Crippen molar-refractivity contribution in [2.45, 2.75) is 13.8 Å². The van der Waals surface area contributed by atoms with Crippen molar-refractivity contribution in [1.82, 2.24) is 4.57 Å². The summed E-state index contributed by atoms with van der Waals surface area (Å²) in [6, 6.07) is 79.6. The van der Waals surface area contributed by atoms with E-state index in [0.717, 1.165) is 33.8 Å². The normalized spacial score (nSPS) is 11.3. The van der Waals surface area contributed by atoms with Crippen LogP contribution in [0, 0.1) is 13.8 Å². The van der Waals surface area contributed by atoms with Crippen LogP contribution in [0.3, 0.4) is 0 Å². The maximum absolute atomic E-state index is 2.48. The summed E-state index contributed by atoms with van der Waals surface area (Å²) in [6.07, 6.45) is 0. The third-order valence-electron chi connectivity index (χ3n) is 11.4. The second-order valence-corrected chi connectivity index (χ2v) is 15.1. The summed E-state index contributed by atoms with van der Waals surface area (Å²) in [5.41, 5.74) is 18.8. The molecule has 58 heavy (non-hydrogen) atoms. The van der Waals surface area contributed by atoms with Crippen molar-refractivity contribution < 1.29 is 0 Å². The molecule has 0 spiro atoms. The number of hydrogen-bond donors (Lipinski definition) is 0. The molecular formula is C56H42N2. The SMILES string of the molecule is Cc1ccc(-c2ccc(-c3ccc(C)cc3)c(-n3c4ccccc4c4c(N(c5ccc(-c6ccccc6)cc5)c5ccc(-c6ccccc6)cc5)cccc43)c2)cc1. The summed E-state index contributed by atoms with van der Waals surface area (Å²) in [4.78, 5) is 2.42. The van der Waals surface area contributed by atoms with Gasteiger partial charge in [0.05, 0.1) is 22.4 Å². The second kappa shape index (κ2) is 14.9. The molecule has 9 aromatic carbocycles. The number of nitrogens with zero attached hydrogens (tertiary/aromatic N) is 2. The van der Waals surface area contributed by atoms with Crippen LogP contribution in [0.2, 0.25) is 0 Å². The van der Waals surface area contributed by atoms with Gasteiger partial charge in [0.2, 0.25) is 0 Å². The molecule has 0 bridgehead atoms. The maximum Gasteiger partial charge on any atom is 0.0562 e. The van der Waals surface area contributed by atoms with Crippen molar-refractivity contribution >= 4 is 38.9 Å². The highest BCUT2D eigenvalue weighted by atomic mass is 15.1. The van der Waals surface area contributed by atoms with Crippen LogP contribution in [0.1, 0.15) is 11.1 Å². The Morgan fingerprint density at radius 2 is 0.793 bits per heavy atom. The van der Waals surface area contributed by atoms with Crippen LogP contribution in [0.5, 0.6) is 0 Å². The number of hydrogen-bond acceptors (Lipinski definition) is 1. The minimum absolute atomic E-state index is 1.10. The van der Waals surface area contributed by atoms with Gasteiger partial charge in [-0.2, -0.15) is 0 Å². The van der Waals surface area contributed by atoms with Crippen molar-refractivity contribution in [3.05, 3.63) is 230 Å². The van der Waals surface area contributed by atoms with E-state index in [9.17, 15) is 0 Å². The van der Waals surface area contributed by atoms with E-state index in [1.807, 2.05) is 0 Å². The van der Waals surface area contributed by atoms with E-state index in [2.05, 4.69) is 242 Å². The van der Waals surface area contributed by atoms with Crippen LogP contribution < -0.4 is 4.90 Å². The Morgan fingerprint density at radius 1 is 0.345 bits per heavy atom. The molecule has 1 heterocycles. The highest BCUT2D eigenvalue weighted by Crippen LogP contribution is 2.46. The first-order valence-electron chi connectivity index (χ1n) is 20.0. The number of aromatic nitrogens is 1. The van der Waals surface area contributed by atoms with Crippen LogP contribution in [0.4, 0.5) is 17.1 Å². The molecule has 0 saturated carbocycles. The summed E-state index contributed by atoms with van der Waals surface area (Å²) in [6.45, 7) is 4.29. The molecule has 0 aliphatic heterocycles. The fourth-order valence-electron chi connectivity index (χ4n) is 8.36. The lowest BCUT2D eigenvalue weighted by Crippen LogP contribution is -2.10. The molecule has 0 amide bonds. The average molecular weight is 743 g/mol. The van der Waals surface area contributed by atoms with Gasteiger partial charge >= 0.3 is 0 Å². The Bertz CT molecular complexity index is 2930. The van der Waals surface area contributed by atoms with Gasteiger partial charge in [-0.25, -0.2) is 0 Å². The summed E-state index contributed by atoms with van der Waals surface area (Å²) >= 11 is 0. The van der Waals surface area contributed by atoms with Gasteiger partial charge in [0.25, 0.3) is 0 Å². The van der Waals surface area contributed by atoms with Gasteiger partial charge in [-0.3, -0.25) is 0 Å². The molecule has 1 aromatic heterocycles. The van der Waals surface area contributed by atoms with Crippen molar-refractivity contribution in [2.75, 3.05) is 4.90 Å². The van der Waals surface area contributed by atoms with Crippen LogP contribution in [0.25, 0.3) is 72.0 Å². The highest BCUT2D eigenvalue weighted by Gasteiger charge is 2.23. The van der Waals surface area contributed by atoms with E-state index in [0.29, 0.717) is 0 Å². The summed E-state index contributed by atoms with van der Waals surface area (Å²) in [5.74, 6) is 0. The van der Waals surface area contributed by atoms with Crippen LogP contribution in [-0.4, -0.2) is 4.57 Å². The molecule has 0 fully saturated rings. The van der Waals surface area contributed by atoms with Gasteiger partial charge < -0.3 is 9.47 Å². The predicted octanol–water partition coefficient (Wildman–Crippen LogP) is 15.5. The molecule has 0 aliphatic rings. The molecule has 276 valence electrons. The van der Waals surface area contributed by atoms with E-state index in [1.54, 1.807) is 0 Å². The lowest BCUT2D eigenvalue weighted by atomic mass is 9.97. The van der Waals surface area contributed by atoms with Gasteiger partial charge in [0.15, 0.2) is 0 Å². The summed E-state index contributed by atoms with van der Waals surface area (Å²) < 4.78 is 2.48. The van der Waals surface area contributed by atoms with E-state index < -0.39 is 0 Å². The molecular weight excluding hydrogens is 701 g/mol. The highest BCUT2D eigenvalue weighted by molar-refractivity contribution is 6.17. The third-order valence-corrected chi connectivity index (χ3v) is 11.4. The average Bonchev–Trinajstić information content (AvgIpc) is 3.63. The first-order chi connectivity index (χ1) is 28.6. The lowest BCUT2D eigenvalue weighted by Gasteiger charge is -2.27. The molecule has 2 nitrogen and oxygen atoms in total. The van der Waals surface area contributed by atoms with E-state index in [4.69, 9.17) is 0 Å². The molecule has 0 atom stereocenters. The minimum atomic E-state index is 1.10.